The minimum Gasteiger partial charge on any atom is -0.481 e. The lowest BCUT2D eigenvalue weighted by Crippen LogP contribution is -2.35. The van der Waals surface area contributed by atoms with Crippen molar-refractivity contribution in [2.75, 3.05) is 6.54 Å². The lowest BCUT2D eigenvalue weighted by Gasteiger charge is -2.20. The van der Waals surface area contributed by atoms with Crippen molar-refractivity contribution in [2.45, 2.75) is 13.0 Å². The summed E-state index contributed by atoms with van der Waals surface area (Å²) < 4.78 is 5.47. The average Bonchev–Trinajstić information content (AvgIpc) is 3.35. The Labute approximate surface area is 243 Å². The molecule has 0 bridgehead atoms. The normalized spacial score (nSPS) is 10.3. The van der Waals surface area contributed by atoms with Crippen LogP contribution >= 0.6 is 23.7 Å². The molecular formula is C27H24ClN5O7S. The zero-order valence-corrected chi connectivity index (χ0v) is 22.9. The van der Waals surface area contributed by atoms with Crippen molar-refractivity contribution in [2.24, 2.45) is 16.5 Å². The number of nitrogens with two attached hydrogens (primary N) is 2. The molecule has 4 rings (SSSR count). The maximum Gasteiger partial charge on any atom is 0.343 e. The molecule has 0 atom stereocenters. The Bertz CT molecular complexity index is 1630. The second kappa shape index (κ2) is 13.4. The predicted molar refractivity (Wildman–Crippen MR) is 154 cm³/mol. The Hall–Kier alpha value is -5.01. The summed E-state index contributed by atoms with van der Waals surface area (Å²) in [6.45, 7) is -0.651. The number of hydrogen-bond acceptors (Lipinski definition) is 8. The van der Waals surface area contributed by atoms with Gasteiger partial charge in [-0.1, -0.05) is 6.07 Å². The highest BCUT2D eigenvalue weighted by Gasteiger charge is 2.21. The fourth-order valence-corrected chi connectivity index (χ4v) is 4.61. The summed E-state index contributed by atoms with van der Waals surface area (Å²) in [6, 6.07) is 15.9. The number of nitrogens with zero attached hydrogens (tertiary/aromatic N) is 3. The molecule has 0 fully saturated rings. The minimum absolute atomic E-state index is 0. The number of carboxylic acids is 2. The molecule has 0 unspecified atom stereocenters. The highest BCUT2D eigenvalue weighted by molar-refractivity contribution is 7.10. The van der Waals surface area contributed by atoms with Gasteiger partial charge in [0, 0.05) is 15.6 Å². The van der Waals surface area contributed by atoms with Crippen LogP contribution in [-0.4, -0.2) is 56.4 Å². The molecule has 14 heteroatoms. The maximum atomic E-state index is 13.0. The quantitative estimate of drug-likeness (QED) is 0.0910. The van der Waals surface area contributed by atoms with Gasteiger partial charge in [0.05, 0.1) is 41.0 Å². The van der Waals surface area contributed by atoms with E-state index in [2.05, 4.69) is 9.98 Å². The summed E-state index contributed by atoms with van der Waals surface area (Å²) in [4.78, 5) is 58.0. The molecule has 2 aromatic heterocycles. The Kier molecular flexibility index (Phi) is 9.95. The van der Waals surface area contributed by atoms with Crippen LogP contribution in [0.5, 0.6) is 5.75 Å². The van der Waals surface area contributed by atoms with E-state index in [0.29, 0.717) is 32.7 Å². The number of esters is 1. The maximum absolute atomic E-state index is 13.0. The van der Waals surface area contributed by atoms with E-state index in [1.165, 1.54) is 23.6 Å². The Morgan fingerprint density at radius 2 is 1.66 bits per heavy atom. The predicted octanol–water partition coefficient (Wildman–Crippen LogP) is 3.20. The molecule has 4 aromatic rings. The fourth-order valence-electron chi connectivity index (χ4n) is 3.76. The molecule has 0 aliphatic carbocycles. The Morgan fingerprint density at radius 3 is 2.32 bits per heavy atom. The largest absolute Gasteiger partial charge is 0.481 e. The zero-order chi connectivity index (χ0) is 28.8. The third kappa shape index (κ3) is 8.24. The fraction of sp³-hybridized carbons (Fsp3) is 0.111. The molecule has 0 saturated carbocycles. The van der Waals surface area contributed by atoms with Crippen molar-refractivity contribution >= 4 is 70.1 Å². The van der Waals surface area contributed by atoms with Crippen LogP contribution < -0.4 is 16.2 Å². The first kappa shape index (κ1) is 30.5. The van der Waals surface area contributed by atoms with Gasteiger partial charge in [0.25, 0.3) is 5.91 Å². The minimum atomic E-state index is -1.20. The van der Waals surface area contributed by atoms with Crippen LogP contribution in [0, 0.1) is 0 Å². The van der Waals surface area contributed by atoms with Gasteiger partial charge in [-0.25, -0.2) is 9.79 Å². The molecule has 0 radical (unpaired) electrons. The molecule has 212 valence electrons. The first-order valence-electron chi connectivity index (χ1n) is 11.7. The molecule has 0 spiro atoms. The molecule has 0 aliphatic rings. The summed E-state index contributed by atoms with van der Waals surface area (Å²) >= 11 is 1.12. The number of thiophene rings is 1. The molecule has 2 heterocycles. The molecule has 2 aromatic carbocycles. The molecular weight excluding hydrogens is 574 g/mol. The van der Waals surface area contributed by atoms with Gasteiger partial charge in [-0.3, -0.25) is 19.4 Å². The van der Waals surface area contributed by atoms with Crippen LogP contribution in [-0.2, 0) is 22.6 Å². The summed E-state index contributed by atoms with van der Waals surface area (Å²) in [5.41, 5.74) is 12.7. The second-order valence-corrected chi connectivity index (χ2v) is 9.55. The number of guanidine groups is 1. The number of aliphatic imine (C=N–C) groups is 1. The number of fused-ring (bicyclic) bond motifs is 1. The van der Waals surface area contributed by atoms with E-state index >= 15 is 0 Å². The number of aliphatic carboxylic acids is 2. The van der Waals surface area contributed by atoms with Gasteiger partial charge < -0.3 is 31.3 Å². The average molecular weight is 598 g/mol. The van der Waals surface area contributed by atoms with E-state index in [9.17, 15) is 24.3 Å². The number of halogens is 1. The number of carbonyl (C=O) groups is 4. The molecule has 41 heavy (non-hydrogen) atoms. The number of amides is 1. The lowest BCUT2D eigenvalue weighted by molar-refractivity contribution is -0.138. The molecule has 12 nitrogen and oxygen atoms in total. The van der Waals surface area contributed by atoms with Gasteiger partial charge in [0.1, 0.15) is 12.3 Å². The molecule has 6 N–H and O–H groups in total. The van der Waals surface area contributed by atoms with E-state index in [4.69, 9.17) is 21.3 Å². The highest BCUT2D eigenvalue weighted by Crippen LogP contribution is 2.23. The third-order valence-electron chi connectivity index (χ3n) is 5.48. The van der Waals surface area contributed by atoms with E-state index in [1.54, 1.807) is 42.5 Å². The van der Waals surface area contributed by atoms with Crippen molar-refractivity contribution in [3.8, 4) is 5.75 Å². The number of rotatable bonds is 10. The summed E-state index contributed by atoms with van der Waals surface area (Å²) in [7, 11) is 0. The molecule has 0 aliphatic heterocycles. The van der Waals surface area contributed by atoms with Gasteiger partial charge in [-0.2, -0.15) is 0 Å². The Balaban J connectivity index is 0.00000462. The highest BCUT2D eigenvalue weighted by atomic mass is 35.5. The van der Waals surface area contributed by atoms with Crippen LogP contribution in [0.15, 0.2) is 71.0 Å². The molecule has 0 saturated heterocycles. The Morgan fingerprint density at radius 1 is 0.927 bits per heavy atom. The van der Waals surface area contributed by atoms with Crippen LogP contribution in [0.1, 0.15) is 31.3 Å². The zero-order valence-electron chi connectivity index (χ0n) is 21.2. The molecule has 1 amide bonds. The third-order valence-corrected chi connectivity index (χ3v) is 6.42. The van der Waals surface area contributed by atoms with Crippen LogP contribution in [0.2, 0.25) is 0 Å². The van der Waals surface area contributed by atoms with Crippen molar-refractivity contribution in [3.63, 3.8) is 0 Å². The first-order valence-corrected chi connectivity index (χ1v) is 12.6. The topological polar surface area (TPSA) is 198 Å². The van der Waals surface area contributed by atoms with E-state index < -0.39 is 30.4 Å². The van der Waals surface area contributed by atoms with E-state index in [-0.39, 0.29) is 42.6 Å². The van der Waals surface area contributed by atoms with Gasteiger partial charge in [0.2, 0.25) is 0 Å². The van der Waals surface area contributed by atoms with Gasteiger partial charge in [0.15, 0.2) is 5.96 Å². The number of hydrogen-bond donors (Lipinski definition) is 4. The van der Waals surface area contributed by atoms with Crippen LogP contribution in [0.3, 0.4) is 0 Å². The van der Waals surface area contributed by atoms with Crippen LogP contribution in [0.4, 0.5) is 5.69 Å². The summed E-state index contributed by atoms with van der Waals surface area (Å²) in [5.74, 6) is -3.17. The second-order valence-electron chi connectivity index (χ2n) is 8.56. The van der Waals surface area contributed by atoms with Crippen molar-refractivity contribution in [1.29, 1.82) is 0 Å². The summed E-state index contributed by atoms with van der Waals surface area (Å²) in [5, 5.41) is 20.5. The number of carboxylic acid groups (broad SMARTS) is 2. The first-order chi connectivity index (χ1) is 19.1. The number of carbonyl (C=O) groups excluding carboxylic acids is 2. The monoisotopic (exact) mass is 597 g/mol. The smallest absolute Gasteiger partial charge is 0.343 e. The van der Waals surface area contributed by atoms with Gasteiger partial charge in [-0.05, 0) is 54.6 Å². The van der Waals surface area contributed by atoms with E-state index in [0.717, 1.165) is 16.2 Å². The summed E-state index contributed by atoms with van der Waals surface area (Å²) in [6.07, 6.45) is -0.230. The number of pyridine rings is 1. The standard InChI is InChI=1S/C27H23N5O7S.ClH/c28-27(29)31-18-4-1-15(2-5-18)26(38)39-20-7-8-22-16(9-20)3-6-19(30-22)12-32(13-24(35)36)25(37)17-10-21(40-14-17)11-23(33)34;/h1-10,14H,11-13H2,(H,33,34)(H,35,36)(H4,28,29,31);1H. The van der Waals surface area contributed by atoms with Crippen molar-refractivity contribution < 1.29 is 34.1 Å². The van der Waals surface area contributed by atoms with Gasteiger partial charge in [-0.15, -0.1) is 23.7 Å². The van der Waals surface area contributed by atoms with Crippen molar-refractivity contribution in [1.82, 2.24) is 9.88 Å². The SMILES string of the molecule is Cl.NC(N)=Nc1ccc(C(=O)Oc2ccc3nc(CN(CC(=O)O)C(=O)c4csc(CC(=O)O)c4)ccc3c2)cc1. The number of benzene rings is 2. The van der Waals surface area contributed by atoms with E-state index in [1.807, 2.05) is 0 Å². The van der Waals surface area contributed by atoms with Gasteiger partial charge >= 0.3 is 17.9 Å². The lowest BCUT2D eigenvalue weighted by atomic mass is 10.1. The number of ether oxygens (including phenoxy) is 1. The van der Waals surface area contributed by atoms with Crippen molar-refractivity contribution in [3.05, 3.63) is 87.7 Å². The van der Waals surface area contributed by atoms with Crippen LogP contribution in [0.25, 0.3) is 10.9 Å². The number of aromatic nitrogens is 1.